The number of carbonyl (C=O) groups excluding carboxylic acids is 3. The maximum Gasteiger partial charge on any atom is 0.328 e. The van der Waals surface area contributed by atoms with Crippen LogP contribution in [0.4, 0.5) is 0 Å². The van der Waals surface area contributed by atoms with Crippen LogP contribution < -0.4 is 5.73 Å². The quantitative estimate of drug-likeness (QED) is 0.644. The number of piperidine rings is 1. The Morgan fingerprint density at radius 3 is 2.36 bits per heavy atom. The number of rotatable bonds is 9. The second-order valence-electron chi connectivity index (χ2n) is 7.33. The first-order chi connectivity index (χ1) is 11.8. The average molecular weight is 354 g/mol. The normalized spacial score (nSPS) is 20.2. The van der Waals surface area contributed by atoms with Crippen molar-refractivity contribution in [2.24, 2.45) is 23.5 Å². The van der Waals surface area contributed by atoms with Gasteiger partial charge in [-0.15, -0.1) is 0 Å². The Labute approximate surface area is 151 Å². The topological polar surface area (TPSA) is 89.7 Å². The maximum absolute atomic E-state index is 13.3. The molecule has 0 bridgehead atoms. The van der Waals surface area contributed by atoms with Crippen molar-refractivity contribution in [1.29, 1.82) is 0 Å². The summed E-state index contributed by atoms with van der Waals surface area (Å²) in [5.74, 6) is -1.57. The van der Waals surface area contributed by atoms with Crippen LogP contribution in [0.1, 0.15) is 66.2 Å². The van der Waals surface area contributed by atoms with Gasteiger partial charge in [0.15, 0.2) is 0 Å². The van der Waals surface area contributed by atoms with E-state index in [4.69, 9.17) is 10.5 Å². The van der Waals surface area contributed by atoms with E-state index in [0.29, 0.717) is 32.4 Å². The van der Waals surface area contributed by atoms with Crippen molar-refractivity contribution in [3.05, 3.63) is 0 Å². The zero-order chi connectivity index (χ0) is 19.0. The first kappa shape index (κ1) is 21.5. The van der Waals surface area contributed by atoms with Gasteiger partial charge in [-0.2, -0.15) is 0 Å². The molecule has 0 spiro atoms. The van der Waals surface area contributed by atoms with E-state index < -0.39 is 23.8 Å². The molecule has 1 rings (SSSR count). The minimum absolute atomic E-state index is 0.122. The lowest BCUT2D eigenvalue weighted by Gasteiger charge is -2.38. The standard InChI is InChI=1S/C19H34N2O4/c1-5-9-14(17(20)22)15(12-13(3)4)18(23)21-11-8-7-10-16(21)19(24)25-6-2/h13-16H,5-12H2,1-4H3,(H2,20,22)/t14-,15?,16?/m0/s1. The number of nitrogens with zero attached hydrogens (tertiary/aromatic N) is 1. The molecule has 25 heavy (non-hydrogen) atoms. The second-order valence-corrected chi connectivity index (χ2v) is 7.33. The fraction of sp³-hybridized carbons (Fsp3) is 0.842. The van der Waals surface area contributed by atoms with E-state index in [0.717, 1.165) is 19.3 Å². The summed E-state index contributed by atoms with van der Waals surface area (Å²) in [6, 6.07) is -0.536. The highest BCUT2D eigenvalue weighted by molar-refractivity contribution is 5.90. The Kier molecular flexibility index (Phi) is 8.93. The Bertz CT molecular complexity index is 464. The fourth-order valence-corrected chi connectivity index (χ4v) is 3.69. The molecule has 1 fully saturated rings. The van der Waals surface area contributed by atoms with Gasteiger partial charge in [0.2, 0.25) is 11.8 Å². The molecule has 0 aromatic heterocycles. The summed E-state index contributed by atoms with van der Waals surface area (Å²) < 4.78 is 5.15. The summed E-state index contributed by atoms with van der Waals surface area (Å²) in [7, 11) is 0. The van der Waals surface area contributed by atoms with Crippen LogP contribution in [0.3, 0.4) is 0 Å². The van der Waals surface area contributed by atoms with Gasteiger partial charge in [0.05, 0.1) is 6.61 Å². The van der Waals surface area contributed by atoms with E-state index in [2.05, 4.69) is 0 Å². The zero-order valence-electron chi connectivity index (χ0n) is 16.1. The van der Waals surface area contributed by atoms with Crippen molar-refractivity contribution in [2.45, 2.75) is 72.3 Å². The van der Waals surface area contributed by atoms with Crippen LogP contribution in [-0.2, 0) is 19.1 Å². The van der Waals surface area contributed by atoms with Gasteiger partial charge < -0.3 is 15.4 Å². The third-order valence-corrected chi connectivity index (χ3v) is 4.84. The predicted molar refractivity (Wildman–Crippen MR) is 96.5 cm³/mol. The van der Waals surface area contributed by atoms with Crippen LogP contribution in [0.25, 0.3) is 0 Å². The molecular weight excluding hydrogens is 320 g/mol. The van der Waals surface area contributed by atoms with E-state index >= 15 is 0 Å². The second kappa shape index (κ2) is 10.4. The number of hydrogen-bond donors (Lipinski definition) is 1. The largest absolute Gasteiger partial charge is 0.464 e. The minimum Gasteiger partial charge on any atom is -0.464 e. The van der Waals surface area contributed by atoms with Crippen LogP contribution in [0.5, 0.6) is 0 Å². The lowest BCUT2D eigenvalue weighted by atomic mass is 9.80. The van der Waals surface area contributed by atoms with Crippen LogP contribution in [-0.4, -0.2) is 41.9 Å². The number of hydrogen-bond acceptors (Lipinski definition) is 4. The number of carbonyl (C=O) groups is 3. The number of likely N-dealkylation sites (tertiary alicyclic amines) is 1. The Balaban J connectivity index is 3.07. The zero-order valence-corrected chi connectivity index (χ0v) is 16.1. The smallest absolute Gasteiger partial charge is 0.328 e. The van der Waals surface area contributed by atoms with Crippen LogP contribution in [0.2, 0.25) is 0 Å². The lowest BCUT2D eigenvalue weighted by Crippen LogP contribution is -2.52. The first-order valence-corrected chi connectivity index (χ1v) is 9.59. The van der Waals surface area contributed by atoms with Gasteiger partial charge in [-0.1, -0.05) is 27.2 Å². The van der Waals surface area contributed by atoms with Gasteiger partial charge >= 0.3 is 5.97 Å². The molecule has 2 N–H and O–H groups in total. The highest BCUT2D eigenvalue weighted by Gasteiger charge is 2.40. The van der Waals surface area contributed by atoms with Crippen molar-refractivity contribution in [1.82, 2.24) is 4.90 Å². The highest BCUT2D eigenvalue weighted by atomic mass is 16.5. The molecular formula is C19H34N2O4. The third kappa shape index (κ3) is 6.01. The Hall–Kier alpha value is -1.59. The predicted octanol–water partition coefficient (Wildman–Crippen LogP) is 2.49. The minimum atomic E-state index is -0.536. The molecule has 144 valence electrons. The SMILES string of the molecule is CCC[C@H](C(N)=O)C(CC(C)C)C(=O)N1CCCCC1C(=O)OCC. The van der Waals surface area contributed by atoms with E-state index in [-0.39, 0.29) is 17.8 Å². The molecule has 2 amide bonds. The molecule has 1 heterocycles. The highest BCUT2D eigenvalue weighted by Crippen LogP contribution is 2.30. The molecule has 1 saturated heterocycles. The van der Waals surface area contributed by atoms with Gasteiger partial charge in [0, 0.05) is 18.4 Å². The van der Waals surface area contributed by atoms with Gasteiger partial charge in [-0.25, -0.2) is 4.79 Å². The summed E-state index contributed by atoms with van der Waals surface area (Å²) in [5, 5.41) is 0. The van der Waals surface area contributed by atoms with Gasteiger partial charge in [-0.05, 0) is 44.9 Å². The van der Waals surface area contributed by atoms with E-state index in [9.17, 15) is 14.4 Å². The molecule has 3 atom stereocenters. The summed E-state index contributed by atoms with van der Waals surface area (Å²) in [4.78, 5) is 39.2. The summed E-state index contributed by atoms with van der Waals surface area (Å²) in [5.41, 5.74) is 5.61. The number of esters is 1. The molecule has 0 aromatic carbocycles. The number of nitrogens with two attached hydrogens (primary N) is 1. The molecule has 0 radical (unpaired) electrons. The molecule has 6 nitrogen and oxygen atoms in total. The molecule has 6 heteroatoms. The van der Waals surface area contributed by atoms with Crippen LogP contribution in [0, 0.1) is 17.8 Å². The fourth-order valence-electron chi connectivity index (χ4n) is 3.69. The maximum atomic E-state index is 13.3. The summed E-state index contributed by atoms with van der Waals surface area (Å²) >= 11 is 0. The first-order valence-electron chi connectivity index (χ1n) is 9.59. The average Bonchev–Trinajstić information content (AvgIpc) is 2.57. The van der Waals surface area contributed by atoms with E-state index in [1.54, 1.807) is 11.8 Å². The van der Waals surface area contributed by atoms with Crippen molar-refractivity contribution in [2.75, 3.05) is 13.2 Å². The summed E-state index contributed by atoms with van der Waals surface area (Å²) in [6.07, 6.45) is 4.36. The molecule has 0 saturated carbocycles. The molecule has 1 aliphatic rings. The van der Waals surface area contributed by atoms with Crippen LogP contribution in [0.15, 0.2) is 0 Å². The molecule has 2 unspecified atom stereocenters. The number of amides is 2. The van der Waals surface area contributed by atoms with Crippen molar-refractivity contribution >= 4 is 17.8 Å². The lowest BCUT2D eigenvalue weighted by molar-refractivity contribution is -0.159. The van der Waals surface area contributed by atoms with Crippen LogP contribution >= 0.6 is 0 Å². The number of ether oxygens (including phenoxy) is 1. The Morgan fingerprint density at radius 1 is 1.16 bits per heavy atom. The monoisotopic (exact) mass is 354 g/mol. The van der Waals surface area contributed by atoms with E-state index in [1.165, 1.54) is 0 Å². The van der Waals surface area contributed by atoms with Crippen molar-refractivity contribution in [3.63, 3.8) is 0 Å². The molecule has 0 aliphatic carbocycles. The van der Waals surface area contributed by atoms with Gasteiger partial charge in [0.1, 0.15) is 6.04 Å². The number of primary amides is 1. The van der Waals surface area contributed by atoms with Crippen molar-refractivity contribution in [3.8, 4) is 0 Å². The van der Waals surface area contributed by atoms with E-state index in [1.807, 2.05) is 20.8 Å². The van der Waals surface area contributed by atoms with Crippen molar-refractivity contribution < 1.29 is 19.1 Å². The summed E-state index contributed by atoms with van der Waals surface area (Å²) in [6.45, 7) is 8.64. The molecule has 0 aromatic rings. The third-order valence-electron chi connectivity index (χ3n) is 4.84. The van der Waals surface area contributed by atoms with Gasteiger partial charge in [-0.3, -0.25) is 9.59 Å². The molecule has 1 aliphatic heterocycles. The van der Waals surface area contributed by atoms with Gasteiger partial charge in [0.25, 0.3) is 0 Å². The Morgan fingerprint density at radius 2 is 1.84 bits per heavy atom.